The first-order chi connectivity index (χ1) is 15.2. The highest BCUT2D eigenvalue weighted by molar-refractivity contribution is 5.83. The maximum absolute atomic E-state index is 9.18. The smallest absolute Gasteiger partial charge is 0.222 e. The fourth-order valence-electron chi connectivity index (χ4n) is 3.74. The minimum absolute atomic E-state index is 0.0322. The van der Waals surface area contributed by atoms with Gasteiger partial charge < -0.3 is 14.6 Å². The minimum Gasteiger partial charge on any atom is -0.495 e. The number of aliphatic hydroxyl groups is 1. The molecule has 1 aliphatic rings. The Kier molecular flexibility index (Phi) is 5.21. The van der Waals surface area contributed by atoms with Crippen LogP contribution in [0.1, 0.15) is 18.0 Å². The predicted octanol–water partition coefficient (Wildman–Crippen LogP) is 3.07. The Bertz CT molecular complexity index is 1190. The van der Waals surface area contributed by atoms with Crippen LogP contribution in [0.3, 0.4) is 0 Å². The quantitative estimate of drug-likeness (QED) is 0.471. The predicted molar refractivity (Wildman–Crippen MR) is 115 cm³/mol. The van der Waals surface area contributed by atoms with Crippen molar-refractivity contribution in [3.05, 3.63) is 60.8 Å². The van der Waals surface area contributed by atoms with Gasteiger partial charge in [-0.2, -0.15) is 5.10 Å². The molecule has 1 N–H and O–H groups in total. The highest BCUT2D eigenvalue weighted by Crippen LogP contribution is 2.47. The molecule has 8 heteroatoms. The Hall–Kier alpha value is -3.52. The molecule has 1 saturated carbocycles. The van der Waals surface area contributed by atoms with Crippen LogP contribution in [0.4, 0.5) is 0 Å². The van der Waals surface area contributed by atoms with Crippen molar-refractivity contribution in [2.75, 3.05) is 20.3 Å². The number of nitrogens with zero attached hydrogens (tertiary/aromatic N) is 5. The van der Waals surface area contributed by atoms with Crippen LogP contribution in [-0.2, 0) is 6.54 Å². The Labute approximate surface area is 179 Å². The lowest BCUT2D eigenvalue weighted by Crippen LogP contribution is -2.05. The van der Waals surface area contributed by atoms with Crippen LogP contribution in [0.25, 0.3) is 22.2 Å². The highest BCUT2D eigenvalue weighted by atomic mass is 16.5. The Morgan fingerprint density at radius 2 is 2.10 bits per heavy atom. The highest BCUT2D eigenvalue weighted by Gasteiger charge is 2.40. The fraction of sp³-hybridized carbons (Fsp3) is 0.304. The van der Waals surface area contributed by atoms with Crippen LogP contribution >= 0.6 is 0 Å². The number of rotatable bonds is 8. The van der Waals surface area contributed by atoms with Crippen molar-refractivity contribution in [2.24, 2.45) is 5.92 Å². The van der Waals surface area contributed by atoms with Crippen molar-refractivity contribution in [1.82, 2.24) is 24.7 Å². The van der Waals surface area contributed by atoms with Gasteiger partial charge in [-0.25, -0.2) is 4.98 Å². The molecule has 4 heterocycles. The van der Waals surface area contributed by atoms with Crippen molar-refractivity contribution < 1.29 is 14.6 Å². The second-order valence-corrected chi connectivity index (χ2v) is 7.63. The number of aromatic nitrogens is 5. The first-order valence-corrected chi connectivity index (χ1v) is 10.3. The van der Waals surface area contributed by atoms with E-state index in [1.807, 2.05) is 36.5 Å². The number of ether oxygens (including phenoxy) is 2. The van der Waals surface area contributed by atoms with Crippen LogP contribution < -0.4 is 9.47 Å². The average Bonchev–Trinajstić information content (AvgIpc) is 3.45. The molecule has 2 atom stereocenters. The molecule has 158 valence electrons. The summed E-state index contributed by atoms with van der Waals surface area (Å²) >= 11 is 0. The van der Waals surface area contributed by atoms with Gasteiger partial charge in [-0.15, -0.1) is 0 Å². The zero-order valence-electron chi connectivity index (χ0n) is 17.2. The summed E-state index contributed by atoms with van der Waals surface area (Å²) in [4.78, 5) is 13.7. The lowest BCUT2D eigenvalue weighted by Gasteiger charge is -2.11. The topological polar surface area (TPSA) is 95.2 Å². The molecule has 4 aromatic rings. The van der Waals surface area contributed by atoms with E-state index in [0.29, 0.717) is 30.9 Å². The van der Waals surface area contributed by atoms with Crippen LogP contribution in [0.2, 0.25) is 0 Å². The van der Waals surface area contributed by atoms with Crippen LogP contribution in [0.5, 0.6) is 11.6 Å². The monoisotopic (exact) mass is 417 g/mol. The van der Waals surface area contributed by atoms with Gasteiger partial charge in [-0.1, -0.05) is 0 Å². The molecule has 0 bridgehead atoms. The van der Waals surface area contributed by atoms with Gasteiger partial charge in [0, 0.05) is 41.1 Å². The van der Waals surface area contributed by atoms with Gasteiger partial charge >= 0.3 is 0 Å². The molecule has 8 nitrogen and oxygen atoms in total. The van der Waals surface area contributed by atoms with E-state index < -0.39 is 0 Å². The van der Waals surface area contributed by atoms with E-state index in [-0.39, 0.29) is 6.61 Å². The summed E-state index contributed by atoms with van der Waals surface area (Å²) < 4.78 is 13.1. The van der Waals surface area contributed by atoms with Crippen molar-refractivity contribution in [3.8, 4) is 22.8 Å². The number of hydrogen-bond acceptors (Lipinski definition) is 7. The van der Waals surface area contributed by atoms with E-state index in [1.165, 1.54) is 0 Å². The van der Waals surface area contributed by atoms with E-state index in [9.17, 15) is 5.11 Å². The van der Waals surface area contributed by atoms with Gasteiger partial charge in [0.1, 0.15) is 5.75 Å². The summed E-state index contributed by atoms with van der Waals surface area (Å²) in [5, 5.41) is 13.5. The zero-order valence-corrected chi connectivity index (χ0v) is 17.2. The summed E-state index contributed by atoms with van der Waals surface area (Å²) in [7, 11) is 1.64. The number of fused-ring (bicyclic) bond motifs is 1. The van der Waals surface area contributed by atoms with Crippen molar-refractivity contribution in [1.29, 1.82) is 0 Å². The van der Waals surface area contributed by atoms with E-state index in [2.05, 4.69) is 15.1 Å². The molecular formula is C23H23N5O3. The minimum atomic E-state index is 0.0322. The molecule has 1 unspecified atom stereocenters. The van der Waals surface area contributed by atoms with Crippen molar-refractivity contribution in [3.63, 3.8) is 0 Å². The third-order valence-electron chi connectivity index (χ3n) is 5.55. The summed E-state index contributed by atoms with van der Waals surface area (Å²) in [5.41, 5.74) is 4.37. The van der Waals surface area contributed by atoms with E-state index in [4.69, 9.17) is 14.5 Å². The fourth-order valence-corrected chi connectivity index (χ4v) is 3.74. The number of pyridine rings is 3. The lowest BCUT2D eigenvalue weighted by molar-refractivity contribution is 0.269. The summed E-state index contributed by atoms with van der Waals surface area (Å²) in [6, 6.07) is 9.73. The van der Waals surface area contributed by atoms with E-state index >= 15 is 0 Å². The second kappa shape index (κ2) is 8.31. The van der Waals surface area contributed by atoms with Crippen LogP contribution in [0, 0.1) is 5.92 Å². The molecule has 0 aliphatic heterocycles. The molecular weight excluding hydrogens is 394 g/mol. The summed E-state index contributed by atoms with van der Waals surface area (Å²) in [6.07, 6.45) is 8.19. The molecule has 31 heavy (non-hydrogen) atoms. The normalized spacial score (nSPS) is 17.6. The maximum Gasteiger partial charge on any atom is 0.222 e. The molecule has 1 fully saturated rings. The Morgan fingerprint density at radius 1 is 1.16 bits per heavy atom. The molecule has 4 aromatic heterocycles. The lowest BCUT2D eigenvalue weighted by atomic mass is 10.1. The van der Waals surface area contributed by atoms with Gasteiger partial charge in [-0.05, 0) is 36.8 Å². The summed E-state index contributed by atoms with van der Waals surface area (Å²) in [6.45, 7) is 1.04. The number of aliphatic hydroxyl groups excluding tert-OH is 1. The van der Waals surface area contributed by atoms with E-state index in [1.54, 1.807) is 30.4 Å². The van der Waals surface area contributed by atoms with E-state index in [0.717, 1.165) is 40.0 Å². The third kappa shape index (κ3) is 4.06. The molecule has 5 rings (SSSR count). The van der Waals surface area contributed by atoms with Crippen molar-refractivity contribution in [2.45, 2.75) is 18.9 Å². The van der Waals surface area contributed by atoms with Crippen LogP contribution in [0.15, 0.2) is 55.1 Å². The zero-order chi connectivity index (χ0) is 21.2. The number of methoxy groups -OCH3 is 1. The standard InChI is InChI=1S/C23H23N5O3/c1-30-17-4-5-20(25-12-17)18-9-15(18)14-31-23-19(16-11-26-28(13-16)7-8-29)10-22-21(27-23)3-2-6-24-22/h2-6,10-13,15,18,29H,7-9,14H2,1H3/t15-,18?/m1/s1. The Morgan fingerprint density at radius 3 is 2.90 bits per heavy atom. The largest absolute Gasteiger partial charge is 0.495 e. The second-order valence-electron chi connectivity index (χ2n) is 7.63. The van der Waals surface area contributed by atoms with Crippen molar-refractivity contribution >= 4 is 11.0 Å². The SMILES string of the molecule is COc1ccc(C2C[C@@H]2COc2nc3cccnc3cc2-c2cnn(CCO)c2)nc1. The van der Waals surface area contributed by atoms with Gasteiger partial charge in [0.25, 0.3) is 0 Å². The summed E-state index contributed by atoms with van der Waals surface area (Å²) in [5.74, 6) is 2.12. The molecule has 0 aromatic carbocycles. The first-order valence-electron chi connectivity index (χ1n) is 10.3. The van der Waals surface area contributed by atoms with Gasteiger partial charge in [0.05, 0.1) is 50.3 Å². The third-order valence-corrected chi connectivity index (χ3v) is 5.55. The Balaban J connectivity index is 1.37. The molecule has 1 aliphatic carbocycles. The van der Waals surface area contributed by atoms with Crippen LogP contribution in [-0.4, -0.2) is 50.2 Å². The number of hydrogen-bond donors (Lipinski definition) is 1. The van der Waals surface area contributed by atoms with Gasteiger partial charge in [-0.3, -0.25) is 14.6 Å². The maximum atomic E-state index is 9.18. The molecule has 0 radical (unpaired) electrons. The molecule has 0 saturated heterocycles. The molecule has 0 amide bonds. The first kappa shape index (κ1) is 19.4. The average molecular weight is 417 g/mol. The van der Waals surface area contributed by atoms with Gasteiger partial charge in [0.2, 0.25) is 5.88 Å². The molecule has 0 spiro atoms. The van der Waals surface area contributed by atoms with Gasteiger partial charge in [0.15, 0.2) is 0 Å².